The smallest absolute Gasteiger partial charge is 0.358 e. The van der Waals surface area contributed by atoms with Crippen molar-refractivity contribution in [2.75, 3.05) is 32.1 Å². The fourth-order valence-electron chi connectivity index (χ4n) is 2.02. The maximum atomic E-state index is 11.3. The van der Waals surface area contributed by atoms with Crippen LogP contribution in [0.1, 0.15) is 23.3 Å². The van der Waals surface area contributed by atoms with Crippen LogP contribution >= 0.6 is 0 Å². The van der Waals surface area contributed by atoms with Gasteiger partial charge < -0.3 is 15.4 Å². The summed E-state index contributed by atoms with van der Waals surface area (Å²) in [5.41, 5.74) is 0.227. The Balaban J connectivity index is 1.83. The van der Waals surface area contributed by atoms with Crippen molar-refractivity contribution in [1.29, 1.82) is 0 Å². The quantitative estimate of drug-likeness (QED) is 0.748. The van der Waals surface area contributed by atoms with Gasteiger partial charge in [0.15, 0.2) is 5.69 Å². The Morgan fingerprint density at radius 3 is 3.22 bits per heavy atom. The summed E-state index contributed by atoms with van der Waals surface area (Å²) in [7, 11) is 1.33. The Morgan fingerprint density at radius 1 is 1.61 bits per heavy atom. The van der Waals surface area contributed by atoms with Crippen molar-refractivity contribution in [3.63, 3.8) is 0 Å². The Bertz CT molecular complexity index is 405. The molecular formula is C12H18N4O2. The first-order chi connectivity index (χ1) is 8.79. The van der Waals surface area contributed by atoms with Crippen molar-refractivity contribution in [1.82, 2.24) is 15.3 Å². The van der Waals surface area contributed by atoms with E-state index in [1.54, 1.807) is 6.20 Å². The van der Waals surface area contributed by atoms with Crippen LogP contribution in [0.15, 0.2) is 12.4 Å². The lowest BCUT2D eigenvalue weighted by molar-refractivity contribution is 0.0593. The van der Waals surface area contributed by atoms with Crippen molar-refractivity contribution in [2.24, 2.45) is 5.92 Å². The zero-order valence-corrected chi connectivity index (χ0v) is 10.5. The lowest BCUT2D eigenvalue weighted by atomic mass is 10.1. The predicted octanol–water partition coefficient (Wildman–Crippen LogP) is 0.675. The van der Waals surface area contributed by atoms with Gasteiger partial charge in [0.05, 0.1) is 19.5 Å². The molecule has 1 atom stereocenters. The van der Waals surface area contributed by atoms with Crippen LogP contribution in [0.25, 0.3) is 0 Å². The number of esters is 1. The second-order valence-corrected chi connectivity index (χ2v) is 4.36. The maximum absolute atomic E-state index is 11.3. The molecule has 1 unspecified atom stereocenters. The Kier molecular flexibility index (Phi) is 4.46. The highest BCUT2D eigenvalue weighted by molar-refractivity contribution is 5.87. The van der Waals surface area contributed by atoms with Gasteiger partial charge in [-0.05, 0) is 31.8 Å². The third-order valence-corrected chi connectivity index (χ3v) is 3.05. The first kappa shape index (κ1) is 12.8. The van der Waals surface area contributed by atoms with E-state index in [0.29, 0.717) is 5.82 Å². The maximum Gasteiger partial charge on any atom is 0.358 e. The van der Waals surface area contributed by atoms with Gasteiger partial charge in [0, 0.05) is 6.54 Å². The largest absolute Gasteiger partial charge is 0.464 e. The fourth-order valence-corrected chi connectivity index (χ4v) is 2.02. The van der Waals surface area contributed by atoms with Crippen LogP contribution in [0.3, 0.4) is 0 Å². The van der Waals surface area contributed by atoms with E-state index in [2.05, 4.69) is 25.3 Å². The van der Waals surface area contributed by atoms with Crippen molar-refractivity contribution in [3.05, 3.63) is 18.1 Å². The van der Waals surface area contributed by atoms with Gasteiger partial charge in [0.1, 0.15) is 5.82 Å². The lowest BCUT2D eigenvalue weighted by Gasteiger charge is -2.09. The van der Waals surface area contributed by atoms with Crippen LogP contribution in [-0.2, 0) is 4.74 Å². The molecule has 2 rings (SSSR count). The number of hydrogen-bond donors (Lipinski definition) is 2. The van der Waals surface area contributed by atoms with Gasteiger partial charge >= 0.3 is 5.97 Å². The molecule has 1 saturated heterocycles. The van der Waals surface area contributed by atoms with Crippen molar-refractivity contribution < 1.29 is 9.53 Å². The summed E-state index contributed by atoms with van der Waals surface area (Å²) in [6.07, 6.45) is 5.34. The van der Waals surface area contributed by atoms with Gasteiger partial charge in [-0.3, -0.25) is 4.98 Å². The van der Waals surface area contributed by atoms with Crippen LogP contribution in [0.4, 0.5) is 5.82 Å². The highest BCUT2D eigenvalue weighted by Gasteiger charge is 2.14. The van der Waals surface area contributed by atoms with Crippen LogP contribution in [0.5, 0.6) is 0 Å². The van der Waals surface area contributed by atoms with E-state index in [0.717, 1.165) is 32.0 Å². The number of anilines is 1. The predicted molar refractivity (Wildman–Crippen MR) is 67.5 cm³/mol. The average Bonchev–Trinajstić information content (AvgIpc) is 2.91. The van der Waals surface area contributed by atoms with Gasteiger partial charge in [0.2, 0.25) is 0 Å². The fraction of sp³-hybridized carbons (Fsp3) is 0.583. The number of nitrogens with one attached hydrogen (secondary N) is 2. The zero-order chi connectivity index (χ0) is 12.8. The number of carbonyl (C=O) groups excluding carboxylic acids is 1. The number of nitrogens with zero attached hydrogens (tertiary/aromatic N) is 2. The summed E-state index contributed by atoms with van der Waals surface area (Å²) < 4.78 is 4.60. The van der Waals surface area contributed by atoms with E-state index in [-0.39, 0.29) is 5.69 Å². The SMILES string of the molecule is COC(=O)c1cncc(NCCC2CCNC2)n1. The minimum atomic E-state index is -0.467. The van der Waals surface area contributed by atoms with Gasteiger partial charge in [-0.25, -0.2) is 9.78 Å². The van der Waals surface area contributed by atoms with E-state index in [1.165, 1.54) is 19.7 Å². The molecule has 6 heteroatoms. The number of hydrogen-bond acceptors (Lipinski definition) is 6. The molecule has 18 heavy (non-hydrogen) atoms. The summed E-state index contributed by atoms with van der Waals surface area (Å²) in [6.45, 7) is 3.05. The van der Waals surface area contributed by atoms with Crippen molar-refractivity contribution >= 4 is 11.8 Å². The number of methoxy groups -OCH3 is 1. The minimum Gasteiger partial charge on any atom is -0.464 e. The number of aromatic nitrogens is 2. The molecule has 1 aromatic heterocycles. The molecule has 0 bridgehead atoms. The second kappa shape index (κ2) is 6.30. The molecule has 98 valence electrons. The van der Waals surface area contributed by atoms with Crippen LogP contribution in [-0.4, -0.2) is 42.7 Å². The summed E-state index contributed by atoms with van der Waals surface area (Å²) in [4.78, 5) is 19.4. The number of ether oxygens (including phenoxy) is 1. The molecule has 2 N–H and O–H groups in total. The summed E-state index contributed by atoms with van der Waals surface area (Å²) in [5.74, 6) is 0.879. The molecule has 0 radical (unpaired) electrons. The van der Waals surface area contributed by atoms with E-state index < -0.39 is 5.97 Å². The van der Waals surface area contributed by atoms with Gasteiger partial charge in [-0.2, -0.15) is 0 Å². The molecule has 1 aromatic rings. The number of rotatable bonds is 5. The molecule has 0 amide bonds. The Labute approximate surface area is 106 Å². The molecule has 0 aliphatic carbocycles. The molecule has 1 fully saturated rings. The highest BCUT2D eigenvalue weighted by Crippen LogP contribution is 2.12. The Hall–Kier alpha value is -1.69. The molecule has 0 spiro atoms. The average molecular weight is 250 g/mol. The molecule has 0 aromatic carbocycles. The third-order valence-electron chi connectivity index (χ3n) is 3.05. The van der Waals surface area contributed by atoms with Crippen molar-refractivity contribution in [3.8, 4) is 0 Å². The van der Waals surface area contributed by atoms with E-state index in [9.17, 15) is 4.79 Å². The summed E-state index contributed by atoms with van der Waals surface area (Å²) >= 11 is 0. The first-order valence-electron chi connectivity index (χ1n) is 6.14. The third kappa shape index (κ3) is 3.40. The van der Waals surface area contributed by atoms with Crippen LogP contribution < -0.4 is 10.6 Å². The Morgan fingerprint density at radius 2 is 2.50 bits per heavy atom. The minimum absolute atomic E-state index is 0.227. The van der Waals surface area contributed by atoms with Gasteiger partial charge in [0.25, 0.3) is 0 Å². The summed E-state index contributed by atoms with van der Waals surface area (Å²) in [6, 6.07) is 0. The van der Waals surface area contributed by atoms with Gasteiger partial charge in [-0.15, -0.1) is 0 Å². The van der Waals surface area contributed by atoms with Crippen molar-refractivity contribution in [2.45, 2.75) is 12.8 Å². The monoisotopic (exact) mass is 250 g/mol. The highest BCUT2D eigenvalue weighted by atomic mass is 16.5. The zero-order valence-electron chi connectivity index (χ0n) is 10.5. The molecular weight excluding hydrogens is 232 g/mol. The van der Waals surface area contributed by atoms with E-state index in [4.69, 9.17) is 0 Å². The van der Waals surface area contributed by atoms with Gasteiger partial charge in [-0.1, -0.05) is 0 Å². The lowest BCUT2D eigenvalue weighted by Crippen LogP contribution is -2.14. The second-order valence-electron chi connectivity index (χ2n) is 4.36. The first-order valence-corrected chi connectivity index (χ1v) is 6.14. The molecule has 1 aliphatic heterocycles. The van der Waals surface area contributed by atoms with E-state index in [1.807, 2.05) is 0 Å². The molecule has 0 saturated carbocycles. The summed E-state index contributed by atoms with van der Waals surface area (Å²) in [5, 5.41) is 6.52. The standard InChI is InChI=1S/C12H18N4O2/c1-18-12(17)10-7-14-8-11(16-10)15-5-3-9-2-4-13-6-9/h7-9,13H,2-6H2,1H3,(H,15,16). The van der Waals surface area contributed by atoms with Crippen LogP contribution in [0, 0.1) is 5.92 Å². The molecule has 6 nitrogen and oxygen atoms in total. The van der Waals surface area contributed by atoms with Crippen LogP contribution in [0.2, 0.25) is 0 Å². The number of carbonyl (C=O) groups is 1. The normalized spacial score (nSPS) is 18.6. The topological polar surface area (TPSA) is 76.1 Å². The molecule has 2 heterocycles. The van der Waals surface area contributed by atoms with E-state index >= 15 is 0 Å². The molecule has 1 aliphatic rings.